The minimum absolute atomic E-state index is 0.113. The van der Waals surface area contributed by atoms with Crippen molar-refractivity contribution in [2.75, 3.05) is 6.54 Å². The number of amidine groups is 1. The van der Waals surface area contributed by atoms with Crippen molar-refractivity contribution < 1.29 is 14.0 Å². The van der Waals surface area contributed by atoms with Gasteiger partial charge in [0.2, 0.25) is 5.91 Å². The number of nitrogens with one attached hydrogen (secondary N) is 1. The zero-order valence-corrected chi connectivity index (χ0v) is 19.9. The normalized spacial score (nSPS) is 21.9. The molecule has 2 aromatic carbocycles. The van der Waals surface area contributed by atoms with Crippen LogP contribution in [0.3, 0.4) is 0 Å². The first-order chi connectivity index (χ1) is 16.9. The van der Waals surface area contributed by atoms with Crippen LogP contribution in [0, 0.1) is 5.82 Å². The molecule has 2 heterocycles. The molecule has 2 aromatic rings. The Hall–Kier alpha value is -3.71. The van der Waals surface area contributed by atoms with Gasteiger partial charge in [0, 0.05) is 17.4 Å². The maximum absolute atomic E-state index is 14.4. The zero-order valence-electron chi connectivity index (χ0n) is 19.1. The van der Waals surface area contributed by atoms with Crippen molar-refractivity contribution in [1.82, 2.24) is 15.1 Å². The lowest BCUT2D eigenvalue weighted by Crippen LogP contribution is -2.49. The summed E-state index contributed by atoms with van der Waals surface area (Å²) < 4.78 is 14.4. The number of aliphatic imine (C=N–C) groups is 1. The summed E-state index contributed by atoms with van der Waals surface area (Å²) in [4.78, 5) is 34.1. The van der Waals surface area contributed by atoms with Gasteiger partial charge in [0.05, 0.1) is 6.04 Å². The molecule has 0 spiro atoms. The third-order valence-electron chi connectivity index (χ3n) is 6.41. The first kappa shape index (κ1) is 23.1. The molecule has 0 bridgehead atoms. The molecule has 2 unspecified atom stereocenters. The van der Waals surface area contributed by atoms with Gasteiger partial charge in [-0.15, -0.1) is 0 Å². The van der Waals surface area contributed by atoms with Crippen LogP contribution >= 0.6 is 11.6 Å². The van der Waals surface area contributed by atoms with E-state index in [1.54, 1.807) is 35.4 Å². The Kier molecular flexibility index (Phi) is 6.26. The highest BCUT2D eigenvalue weighted by atomic mass is 35.5. The number of benzene rings is 2. The summed E-state index contributed by atoms with van der Waals surface area (Å²) in [5.41, 5.74) is 3.46. The molecule has 8 heteroatoms. The maximum atomic E-state index is 14.4. The lowest BCUT2D eigenvalue weighted by atomic mass is 9.93. The average Bonchev–Trinajstić information content (AvgIpc) is 3.24. The highest BCUT2D eigenvalue weighted by Gasteiger charge is 2.45. The second-order valence-electron chi connectivity index (χ2n) is 8.72. The molecule has 0 aromatic heterocycles. The molecule has 0 radical (unpaired) electrons. The molecule has 0 fully saturated rings. The highest BCUT2D eigenvalue weighted by molar-refractivity contribution is 6.30. The third-order valence-corrected chi connectivity index (χ3v) is 6.66. The number of carbonyl (C=O) groups is 2. The predicted octanol–water partition coefficient (Wildman–Crippen LogP) is 5.67. The second-order valence-corrected chi connectivity index (χ2v) is 9.15. The van der Waals surface area contributed by atoms with E-state index in [9.17, 15) is 14.0 Å². The van der Waals surface area contributed by atoms with Crippen molar-refractivity contribution in [2.24, 2.45) is 4.99 Å². The molecule has 1 N–H and O–H groups in total. The summed E-state index contributed by atoms with van der Waals surface area (Å²) in [5, 5.41) is 3.18. The van der Waals surface area contributed by atoms with E-state index in [4.69, 9.17) is 16.6 Å². The highest BCUT2D eigenvalue weighted by Crippen LogP contribution is 2.45. The van der Waals surface area contributed by atoms with E-state index in [2.05, 4.69) is 11.4 Å². The number of rotatable bonds is 3. The first-order valence-corrected chi connectivity index (χ1v) is 11.8. The Bertz CT molecular complexity index is 1300. The Morgan fingerprint density at radius 1 is 1.17 bits per heavy atom. The van der Waals surface area contributed by atoms with E-state index in [0.717, 1.165) is 29.6 Å². The number of hydrogen-bond donors (Lipinski definition) is 1. The van der Waals surface area contributed by atoms with Gasteiger partial charge in [0.25, 0.3) is 0 Å². The minimum Gasteiger partial charge on any atom is -0.330 e. The number of amides is 3. The molecule has 3 amide bonds. The number of carbonyl (C=O) groups excluding carboxylic acids is 2. The summed E-state index contributed by atoms with van der Waals surface area (Å²) in [6.07, 6.45) is 8.67. The van der Waals surface area contributed by atoms with Crippen molar-refractivity contribution in [2.45, 2.75) is 31.8 Å². The fourth-order valence-electron chi connectivity index (χ4n) is 4.73. The Labute approximate surface area is 208 Å². The summed E-state index contributed by atoms with van der Waals surface area (Å²) >= 11 is 6.14. The monoisotopic (exact) mass is 490 g/mol. The number of hydrogen-bond acceptors (Lipinski definition) is 3. The largest absolute Gasteiger partial charge is 0.330 e. The van der Waals surface area contributed by atoms with Gasteiger partial charge in [-0.25, -0.2) is 9.18 Å². The lowest BCUT2D eigenvalue weighted by Gasteiger charge is -2.34. The topological polar surface area (TPSA) is 65.0 Å². The Balaban J connectivity index is 1.69. The molecule has 178 valence electrons. The number of halogens is 2. The van der Waals surface area contributed by atoms with Crippen LogP contribution in [0.5, 0.6) is 0 Å². The Morgan fingerprint density at radius 3 is 2.69 bits per heavy atom. The lowest BCUT2D eigenvalue weighted by molar-refractivity contribution is -0.120. The fourth-order valence-corrected chi connectivity index (χ4v) is 4.85. The molecule has 1 aliphatic carbocycles. The van der Waals surface area contributed by atoms with Crippen LogP contribution in [-0.4, -0.2) is 34.1 Å². The van der Waals surface area contributed by atoms with E-state index in [1.165, 1.54) is 23.2 Å². The predicted molar refractivity (Wildman–Crippen MR) is 133 cm³/mol. The van der Waals surface area contributed by atoms with Gasteiger partial charge in [-0.2, -0.15) is 0 Å². The minimum atomic E-state index is -0.612. The van der Waals surface area contributed by atoms with Crippen molar-refractivity contribution in [3.63, 3.8) is 0 Å². The molecule has 6 nitrogen and oxygen atoms in total. The van der Waals surface area contributed by atoms with Gasteiger partial charge in [0.1, 0.15) is 24.2 Å². The van der Waals surface area contributed by atoms with Crippen LogP contribution < -0.4 is 5.32 Å². The standard InChI is InChI=1S/C27H24ClFN4O2/c1-17-5-2-3-8-22(17)26-31-24(18-9-11-20(28)12-10-18)25(19-6-4-7-21(29)15-19)33(26)27(35)32-14-13-30-23(34)16-32/h2,4-7,9-15,24-25H,3,8,16H2,1H3,(H,30,34). The van der Waals surface area contributed by atoms with Crippen molar-refractivity contribution >= 4 is 29.4 Å². The summed E-state index contributed by atoms with van der Waals surface area (Å²) in [6, 6.07) is 12.1. The van der Waals surface area contributed by atoms with Crippen LogP contribution in [-0.2, 0) is 4.79 Å². The second kappa shape index (κ2) is 9.50. The van der Waals surface area contributed by atoms with Crippen LogP contribution in [0.25, 0.3) is 0 Å². The van der Waals surface area contributed by atoms with E-state index in [-0.39, 0.29) is 12.5 Å². The molecular weight excluding hydrogens is 467 g/mol. The van der Waals surface area contributed by atoms with E-state index in [0.29, 0.717) is 16.4 Å². The van der Waals surface area contributed by atoms with Crippen molar-refractivity contribution in [1.29, 1.82) is 0 Å². The van der Waals surface area contributed by atoms with Gasteiger partial charge in [-0.3, -0.25) is 19.6 Å². The van der Waals surface area contributed by atoms with Gasteiger partial charge in [-0.1, -0.05) is 48.0 Å². The fraction of sp³-hybridized carbons (Fsp3) is 0.222. The van der Waals surface area contributed by atoms with E-state index < -0.39 is 23.9 Å². The molecule has 2 atom stereocenters. The Morgan fingerprint density at radius 2 is 1.97 bits per heavy atom. The van der Waals surface area contributed by atoms with Gasteiger partial charge in [-0.05, 0) is 66.3 Å². The van der Waals surface area contributed by atoms with Gasteiger partial charge >= 0.3 is 6.03 Å². The van der Waals surface area contributed by atoms with Crippen LogP contribution in [0.2, 0.25) is 5.02 Å². The number of nitrogens with zero attached hydrogens (tertiary/aromatic N) is 3. The molecule has 2 aliphatic heterocycles. The SMILES string of the molecule is CC1=C(C2=NC(c3ccc(Cl)cc3)C(c3cccc(F)c3)N2C(=O)N2C=CNC(=O)C2)CCC=C1. The first-order valence-electron chi connectivity index (χ1n) is 11.4. The van der Waals surface area contributed by atoms with Crippen LogP contribution in [0.1, 0.15) is 43.0 Å². The molecule has 0 saturated carbocycles. The van der Waals surface area contributed by atoms with Crippen molar-refractivity contribution in [3.8, 4) is 0 Å². The number of allylic oxidation sites excluding steroid dienone is 3. The molecule has 3 aliphatic rings. The smallest absolute Gasteiger partial charge is 0.330 e. The summed E-state index contributed by atoms with van der Waals surface area (Å²) in [5.74, 6) is -0.136. The van der Waals surface area contributed by atoms with Crippen molar-refractivity contribution in [3.05, 3.63) is 106 Å². The summed E-state index contributed by atoms with van der Waals surface area (Å²) in [6.45, 7) is 1.88. The zero-order chi connectivity index (χ0) is 24.5. The third kappa shape index (κ3) is 4.51. The summed E-state index contributed by atoms with van der Waals surface area (Å²) in [7, 11) is 0. The maximum Gasteiger partial charge on any atom is 0.330 e. The van der Waals surface area contributed by atoms with Crippen LogP contribution in [0.4, 0.5) is 9.18 Å². The number of urea groups is 1. The van der Waals surface area contributed by atoms with Crippen LogP contribution in [0.15, 0.2) is 89.2 Å². The van der Waals surface area contributed by atoms with Gasteiger partial charge < -0.3 is 5.32 Å². The molecule has 35 heavy (non-hydrogen) atoms. The molecule has 0 saturated heterocycles. The molecule has 5 rings (SSSR count). The van der Waals surface area contributed by atoms with Gasteiger partial charge in [0.15, 0.2) is 0 Å². The average molecular weight is 491 g/mol. The quantitative estimate of drug-likeness (QED) is 0.603. The van der Waals surface area contributed by atoms with E-state index in [1.807, 2.05) is 25.1 Å². The molecular formula is C27H24ClFN4O2. The van der Waals surface area contributed by atoms with E-state index >= 15 is 0 Å².